The van der Waals surface area contributed by atoms with Gasteiger partial charge in [-0.1, -0.05) is 6.07 Å². The summed E-state index contributed by atoms with van der Waals surface area (Å²) in [5, 5.41) is 2.02. The third-order valence-electron chi connectivity index (χ3n) is 4.88. The monoisotopic (exact) mass is 396 g/mol. The van der Waals surface area contributed by atoms with E-state index in [-0.39, 0.29) is 36.0 Å². The van der Waals surface area contributed by atoms with Crippen molar-refractivity contribution in [3.05, 3.63) is 46.5 Å². The Kier molecular flexibility index (Phi) is 5.84. The maximum Gasteiger partial charge on any atom is 0.237 e. The number of likely N-dealkylation sites (N-methyl/N-ethyl adjacent to an activating group) is 1. The largest absolute Gasteiger partial charge is 0.467 e. The first kappa shape index (κ1) is 19.1. The highest BCUT2D eigenvalue weighted by Crippen LogP contribution is 2.25. The molecule has 8 heteroatoms. The van der Waals surface area contributed by atoms with E-state index >= 15 is 0 Å². The van der Waals surface area contributed by atoms with Crippen molar-refractivity contribution in [3.8, 4) is 0 Å². The second-order valence-corrected chi connectivity index (χ2v) is 9.97. The van der Waals surface area contributed by atoms with E-state index in [1.165, 1.54) is 4.88 Å². The smallest absolute Gasteiger partial charge is 0.237 e. The van der Waals surface area contributed by atoms with Crippen LogP contribution >= 0.6 is 11.3 Å². The molecule has 0 spiro atoms. The number of carbonyl (C=O) groups excluding carboxylic acids is 1. The summed E-state index contributed by atoms with van der Waals surface area (Å²) in [7, 11) is -1.15. The molecular weight excluding hydrogens is 372 g/mol. The quantitative estimate of drug-likeness (QED) is 0.719. The molecule has 6 nitrogen and oxygen atoms in total. The van der Waals surface area contributed by atoms with Crippen LogP contribution in [0.1, 0.15) is 30.0 Å². The van der Waals surface area contributed by atoms with Gasteiger partial charge in [-0.15, -0.1) is 11.3 Å². The van der Waals surface area contributed by atoms with Crippen LogP contribution in [-0.4, -0.2) is 55.3 Å². The van der Waals surface area contributed by atoms with Crippen LogP contribution in [-0.2, 0) is 21.2 Å². The lowest BCUT2D eigenvalue weighted by molar-refractivity contribution is -0.135. The standard InChI is InChI=1S/C18H24N2O4S2/c1-14(17-6-4-9-25-17)19(2)12-18(21)20(11-16-5-3-8-24-16)15-7-10-26(22,23)13-15/h3-6,8-9,14-15H,7,10-13H2,1-2H3/t14-,15+/m0/s1. The fourth-order valence-electron chi connectivity index (χ4n) is 3.20. The Morgan fingerprint density at radius 3 is 2.77 bits per heavy atom. The van der Waals surface area contributed by atoms with E-state index in [0.29, 0.717) is 18.7 Å². The predicted octanol–water partition coefficient (Wildman–Crippen LogP) is 2.55. The summed E-state index contributed by atoms with van der Waals surface area (Å²) in [5.74, 6) is 0.760. The van der Waals surface area contributed by atoms with Gasteiger partial charge in [-0.3, -0.25) is 9.69 Å². The summed E-state index contributed by atoms with van der Waals surface area (Å²) >= 11 is 1.66. The van der Waals surface area contributed by atoms with Gasteiger partial charge in [0.15, 0.2) is 9.84 Å². The highest BCUT2D eigenvalue weighted by Gasteiger charge is 2.35. The van der Waals surface area contributed by atoms with Crippen molar-refractivity contribution < 1.29 is 17.6 Å². The van der Waals surface area contributed by atoms with Crippen LogP contribution in [0.25, 0.3) is 0 Å². The summed E-state index contributed by atoms with van der Waals surface area (Å²) in [5.41, 5.74) is 0. The summed E-state index contributed by atoms with van der Waals surface area (Å²) in [6, 6.07) is 7.47. The molecule has 0 bridgehead atoms. The van der Waals surface area contributed by atoms with E-state index in [1.54, 1.807) is 28.6 Å². The van der Waals surface area contributed by atoms with Crippen molar-refractivity contribution >= 4 is 27.1 Å². The fraction of sp³-hybridized carbons (Fsp3) is 0.500. The van der Waals surface area contributed by atoms with Crippen LogP contribution in [0.2, 0.25) is 0 Å². The van der Waals surface area contributed by atoms with Gasteiger partial charge >= 0.3 is 0 Å². The summed E-state index contributed by atoms with van der Waals surface area (Å²) < 4.78 is 29.2. The van der Waals surface area contributed by atoms with Crippen molar-refractivity contribution in [2.45, 2.75) is 32.0 Å². The second-order valence-electron chi connectivity index (χ2n) is 6.76. The number of amides is 1. The Balaban J connectivity index is 1.72. The average Bonchev–Trinajstić information content (AvgIpc) is 3.33. The van der Waals surface area contributed by atoms with Gasteiger partial charge in [-0.2, -0.15) is 0 Å². The number of carbonyl (C=O) groups is 1. The Morgan fingerprint density at radius 2 is 2.19 bits per heavy atom. The molecule has 26 heavy (non-hydrogen) atoms. The molecule has 1 aliphatic heterocycles. The van der Waals surface area contributed by atoms with E-state index in [9.17, 15) is 13.2 Å². The Bertz CT molecular complexity index is 816. The van der Waals surface area contributed by atoms with Gasteiger partial charge < -0.3 is 9.32 Å². The molecule has 2 aromatic heterocycles. The molecule has 1 fully saturated rings. The SMILES string of the molecule is C[C@@H](c1cccs1)N(C)CC(=O)N(Cc1ccco1)[C@@H]1CCS(=O)(=O)C1. The molecule has 0 aromatic carbocycles. The number of thiophene rings is 1. The van der Waals surface area contributed by atoms with Crippen LogP contribution in [0.3, 0.4) is 0 Å². The summed E-state index contributed by atoms with van der Waals surface area (Å²) in [6.45, 7) is 2.60. The van der Waals surface area contributed by atoms with Gasteiger partial charge in [0.2, 0.25) is 5.91 Å². The first-order valence-corrected chi connectivity index (χ1v) is 11.3. The third kappa shape index (κ3) is 4.55. The minimum absolute atomic E-state index is 0.0314. The van der Waals surface area contributed by atoms with Crippen LogP contribution in [0, 0.1) is 0 Å². The predicted molar refractivity (Wildman–Crippen MR) is 102 cm³/mol. The lowest BCUT2D eigenvalue weighted by Gasteiger charge is -2.31. The number of hydrogen-bond donors (Lipinski definition) is 0. The van der Waals surface area contributed by atoms with Crippen molar-refractivity contribution in [2.75, 3.05) is 25.1 Å². The van der Waals surface area contributed by atoms with Crippen LogP contribution in [0.4, 0.5) is 0 Å². The molecule has 1 aliphatic rings. The number of furan rings is 1. The summed E-state index contributed by atoms with van der Waals surface area (Å²) in [4.78, 5) is 17.9. The molecule has 1 amide bonds. The lowest BCUT2D eigenvalue weighted by Crippen LogP contribution is -2.45. The topological polar surface area (TPSA) is 70.8 Å². The Morgan fingerprint density at radius 1 is 1.38 bits per heavy atom. The molecule has 0 saturated carbocycles. The zero-order chi connectivity index (χ0) is 18.7. The van der Waals surface area contributed by atoms with E-state index in [4.69, 9.17) is 4.42 Å². The number of nitrogens with zero attached hydrogens (tertiary/aromatic N) is 2. The number of hydrogen-bond acceptors (Lipinski definition) is 6. The lowest BCUT2D eigenvalue weighted by atomic mass is 10.2. The number of rotatable bonds is 7. The second kappa shape index (κ2) is 7.94. The maximum atomic E-state index is 13.0. The first-order valence-electron chi connectivity index (χ1n) is 8.61. The molecule has 0 aliphatic carbocycles. The third-order valence-corrected chi connectivity index (χ3v) is 7.67. The van der Waals surface area contributed by atoms with Crippen LogP contribution < -0.4 is 0 Å². The molecule has 1 saturated heterocycles. The Labute approximate surface area is 158 Å². The zero-order valence-corrected chi connectivity index (χ0v) is 16.6. The highest BCUT2D eigenvalue weighted by atomic mass is 32.2. The minimum atomic E-state index is -3.07. The van der Waals surface area contributed by atoms with E-state index in [1.807, 2.05) is 29.5 Å². The van der Waals surface area contributed by atoms with Crippen molar-refractivity contribution in [1.29, 1.82) is 0 Å². The highest BCUT2D eigenvalue weighted by molar-refractivity contribution is 7.91. The minimum Gasteiger partial charge on any atom is -0.467 e. The van der Waals surface area contributed by atoms with Gasteiger partial charge in [0.25, 0.3) is 0 Å². The van der Waals surface area contributed by atoms with E-state index in [0.717, 1.165) is 0 Å². The Hall–Kier alpha value is -1.64. The van der Waals surface area contributed by atoms with Gasteiger partial charge in [-0.25, -0.2) is 8.42 Å². The summed E-state index contributed by atoms with van der Waals surface area (Å²) in [6.07, 6.45) is 2.05. The van der Waals surface area contributed by atoms with Gasteiger partial charge in [0.05, 0.1) is 30.9 Å². The molecule has 0 unspecified atom stereocenters. The maximum absolute atomic E-state index is 13.0. The fourth-order valence-corrected chi connectivity index (χ4v) is 5.78. The van der Waals surface area contributed by atoms with Gasteiger partial charge in [-0.05, 0) is 44.0 Å². The number of sulfone groups is 1. The molecule has 0 N–H and O–H groups in total. The zero-order valence-electron chi connectivity index (χ0n) is 15.0. The molecule has 0 radical (unpaired) electrons. The molecule has 3 rings (SSSR count). The molecule has 2 atom stereocenters. The van der Waals surface area contributed by atoms with Gasteiger partial charge in [0, 0.05) is 17.0 Å². The van der Waals surface area contributed by atoms with Crippen molar-refractivity contribution in [2.24, 2.45) is 0 Å². The van der Waals surface area contributed by atoms with Gasteiger partial charge in [0.1, 0.15) is 5.76 Å². The van der Waals surface area contributed by atoms with Crippen molar-refractivity contribution in [3.63, 3.8) is 0 Å². The molecular formula is C18H24N2O4S2. The van der Waals surface area contributed by atoms with Crippen LogP contribution in [0.5, 0.6) is 0 Å². The normalized spacial score (nSPS) is 20.3. The molecule has 142 valence electrons. The van der Waals surface area contributed by atoms with E-state index < -0.39 is 9.84 Å². The molecule has 2 aromatic rings. The first-order chi connectivity index (χ1) is 12.4. The van der Waals surface area contributed by atoms with Crippen molar-refractivity contribution in [1.82, 2.24) is 9.80 Å². The van der Waals surface area contributed by atoms with E-state index in [2.05, 4.69) is 13.0 Å². The average molecular weight is 397 g/mol. The van der Waals surface area contributed by atoms with Crippen LogP contribution in [0.15, 0.2) is 40.3 Å². The molecule has 3 heterocycles.